The van der Waals surface area contributed by atoms with Gasteiger partial charge in [0, 0.05) is 49.1 Å². The predicted octanol–water partition coefficient (Wildman–Crippen LogP) is 2.60. The maximum absolute atomic E-state index is 12.3. The number of amides is 1. The van der Waals surface area contributed by atoms with Crippen molar-refractivity contribution in [1.82, 2.24) is 14.9 Å². The van der Waals surface area contributed by atoms with E-state index in [1.807, 2.05) is 35.2 Å². The molecule has 0 aliphatic carbocycles. The standard InChI is InChI=1S/C17H17BrN4O/c18-15-5-2-14(3-6-15)4-7-16(23)21-10-12-22(13-11-21)17-19-8-1-9-20-17/h1-9H,10-13H2/b7-4-. The molecule has 6 heteroatoms. The summed E-state index contributed by atoms with van der Waals surface area (Å²) in [4.78, 5) is 24.7. The average Bonchev–Trinajstić information content (AvgIpc) is 2.62. The van der Waals surface area contributed by atoms with Crippen molar-refractivity contribution >= 4 is 33.9 Å². The number of carbonyl (C=O) groups excluding carboxylic acids is 1. The van der Waals surface area contributed by atoms with E-state index in [0.29, 0.717) is 13.1 Å². The third-order valence-electron chi connectivity index (χ3n) is 3.71. The summed E-state index contributed by atoms with van der Waals surface area (Å²) >= 11 is 3.40. The number of hydrogen-bond acceptors (Lipinski definition) is 4. The molecule has 1 aromatic carbocycles. The largest absolute Gasteiger partial charge is 0.337 e. The second-order valence-corrected chi connectivity index (χ2v) is 6.16. The Morgan fingerprint density at radius 2 is 1.70 bits per heavy atom. The van der Waals surface area contributed by atoms with E-state index in [2.05, 4.69) is 30.8 Å². The van der Waals surface area contributed by atoms with Crippen LogP contribution in [0.3, 0.4) is 0 Å². The number of halogens is 1. The zero-order valence-corrected chi connectivity index (χ0v) is 14.2. The van der Waals surface area contributed by atoms with Crippen LogP contribution in [0.25, 0.3) is 6.08 Å². The summed E-state index contributed by atoms with van der Waals surface area (Å²) in [6.07, 6.45) is 6.96. The van der Waals surface area contributed by atoms with Crippen LogP contribution in [0.15, 0.2) is 53.3 Å². The van der Waals surface area contributed by atoms with Gasteiger partial charge < -0.3 is 9.80 Å². The van der Waals surface area contributed by atoms with E-state index in [1.54, 1.807) is 24.5 Å². The lowest BCUT2D eigenvalue weighted by atomic mass is 10.2. The summed E-state index contributed by atoms with van der Waals surface area (Å²) < 4.78 is 1.03. The molecule has 3 rings (SSSR count). The van der Waals surface area contributed by atoms with Gasteiger partial charge in [-0.05, 0) is 29.8 Å². The first-order valence-corrected chi connectivity index (χ1v) is 8.26. The number of nitrogens with zero attached hydrogens (tertiary/aromatic N) is 4. The summed E-state index contributed by atoms with van der Waals surface area (Å²) in [5.74, 6) is 0.770. The highest BCUT2D eigenvalue weighted by Crippen LogP contribution is 2.13. The fourth-order valence-corrected chi connectivity index (χ4v) is 2.69. The predicted molar refractivity (Wildman–Crippen MR) is 94.0 cm³/mol. The van der Waals surface area contributed by atoms with Crippen molar-refractivity contribution in [3.63, 3.8) is 0 Å². The summed E-state index contributed by atoms with van der Waals surface area (Å²) in [5, 5.41) is 0. The Kier molecular flexibility index (Phi) is 5.02. The van der Waals surface area contributed by atoms with Crippen molar-refractivity contribution in [1.29, 1.82) is 0 Å². The molecule has 23 heavy (non-hydrogen) atoms. The van der Waals surface area contributed by atoms with Crippen LogP contribution in [0, 0.1) is 0 Å². The molecule has 1 amide bonds. The zero-order valence-electron chi connectivity index (χ0n) is 12.6. The highest BCUT2D eigenvalue weighted by molar-refractivity contribution is 9.10. The van der Waals surface area contributed by atoms with Crippen molar-refractivity contribution in [2.75, 3.05) is 31.1 Å². The van der Waals surface area contributed by atoms with Crippen molar-refractivity contribution in [2.24, 2.45) is 0 Å². The van der Waals surface area contributed by atoms with E-state index in [-0.39, 0.29) is 5.91 Å². The van der Waals surface area contributed by atoms with Gasteiger partial charge in [0.05, 0.1) is 0 Å². The van der Waals surface area contributed by atoms with Gasteiger partial charge in [-0.25, -0.2) is 9.97 Å². The van der Waals surface area contributed by atoms with E-state index in [1.165, 1.54) is 0 Å². The van der Waals surface area contributed by atoms with Crippen molar-refractivity contribution in [2.45, 2.75) is 0 Å². The molecule has 0 atom stereocenters. The zero-order chi connectivity index (χ0) is 16.1. The van der Waals surface area contributed by atoms with Crippen molar-refractivity contribution < 1.29 is 4.79 Å². The van der Waals surface area contributed by atoms with E-state index in [9.17, 15) is 4.79 Å². The normalized spacial score (nSPS) is 15.2. The Hall–Kier alpha value is -2.21. The minimum absolute atomic E-state index is 0.0431. The molecule has 0 N–H and O–H groups in total. The summed E-state index contributed by atoms with van der Waals surface area (Å²) in [6.45, 7) is 2.87. The van der Waals surface area contributed by atoms with Gasteiger partial charge in [0.25, 0.3) is 0 Å². The second kappa shape index (κ2) is 7.37. The van der Waals surface area contributed by atoms with Gasteiger partial charge in [-0.2, -0.15) is 0 Å². The van der Waals surface area contributed by atoms with E-state index >= 15 is 0 Å². The molecule has 0 radical (unpaired) electrons. The van der Waals surface area contributed by atoms with E-state index in [0.717, 1.165) is 29.1 Å². The second-order valence-electron chi connectivity index (χ2n) is 5.25. The van der Waals surface area contributed by atoms with Crippen LogP contribution in [-0.4, -0.2) is 47.0 Å². The molecule has 2 heterocycles. The Labute approximate surface area is 143 Å². The van der Waals surface area contributed by atoms with Gasteiger partial charge in [-0.1, -0.05) is 28.1 Å². The lowest BCUT2D eigenvalue weighted by molar-refractivity contribution is -0.126. The SMILES string of the molecule is O=C(/C=C\c1ccc(Br)cc1)N1CCN(c2ncccn2)CC1. The average molecular weight is 373 g/mol. The third kappa shape index (κ3) is 4.16. The lowest BCUT2D eigenvalue weighted by Gasteiger charge is -2.34. The van der Waals surface area contributed by atoms with Gasteiger partial charge in [0.2, 0.25) is 11.9 Å². The number of hydrogen-bond donors (Lipinski definition) is 0. The molecule has 2 aromatic rings. The molecule has 0 bridgehead atoms. The van der Waals surface area contributed by atoms with Crippen molar-refractivity contribution in [3.05, 3.63) is 58.8 Å². The third-order valence-corrected chi connectivity index (χ3v) is 4.24. The molecule has 0 saturated carbocycles. The maximum Gasteiger partial charge on any atom is 0.246 e. The Morgan fingerprint density at radius 3 is 2.35 bits per heavy atom. The van der Waals surface area contributed by atoms with Crippen molar-refractivity contribution in [3.8, 4) is 0 Å². The fraction of sp³-hybridized carbons (Fsp3) is 0.235. The Balaban J connectivity index is 1.55. The van der Waals surface area contributed by atoms with Gasteiger partial charge in [0.1, 0.15) is 0 Å². The monoisotopic (exact) mass is 372 g/mol. The molecule has 1 aromatic heterocycles. The first kappa shape index (κ1) is 15.7. The number of anilines is 1. The van der Waals surface area contributed by atoms with Gasteiger partial charge >= 0.3 is 0 Å². The first-order valence-electron chi connectivity index (χ1n) is 7.47. The molecule has 0 unspecified atom stereocenters. The molecule has 1 saturated heterocycles. The topological polar surface area (TPSA) is 49.3 Å². The van der Waals surface area contributed by atoms with Crippen LogP contribution in [0.5, 0.6) is 0 Å². The highest BCUT2D eigenvalue weighted by Gasteiger charge is 2.20. The van der Waals surface area contributed by atoms with Crippen LogP contribution in [-0.2, 0) is 4.79 Å². The molecule has 1 aliphatic heterocycles. The van der Waals surface area contributed by atoms with E-state index < -0.39 is 0 Å². The Bertz CT molecular complexity index is 679. The van der Waals surface area contributed by atoms with Gasteiger partial charge in [0.15, 0.2) is 0 Å². The molecular weight excluding hydrogens is 356 g/mol. The minimum Gasteiger partial charge on any atom is -0.337 e. The highest BCUT2D eigenvalue weighted by atomic mass is 79.9. The van der Waals surface area contributed by atoms with E-state index in [4.69, 9.17) is 0 Å². The summed E-state index contributed by atoms with van der Waals surface area (Å²) in [7, 11) is 0. The van der Waals surface area contributed by atoms with Crippen LogP contribution in [0.4, 0.5) is 5.95 Å². The molecule has 1 aliphatic rings. The molecule has 5 nitrogen and oxygen atoms in total. The number of carbonyl (C=O) groups is 1. The first-order chi connectivity index (χ1) is 11.2. The van der Waals surface area contributed by atoms with Gasteiger partial charge in [-0.3, -0.25) is 4.79 Å². The smallest absolute Gasteiger partial charge is 0.246 e. The van der Waals surface area contributed by atoms with Crippen LogP contribution >= 0.6 is 15.9 Å². The van der Waals surface area contributed by atoms with Gasteiger partial charge in [-0.15, -0.1) is 0 Å². The maximum atomic E-state index is 12.3. The lowest BCUT2D eigenvalue weighted by Crippen LogP contribution is -2.48. The number of benzene rings is 1. The molecule has 118 valence electrons. The number of rotatable bonds is 3. The number of aromatic nitrogens is 2. The molecule has 0 spiro atoms. The quantitative estimate of drug-likeness (QED) is 0.777. The summed E-state index contributed by atoms with van der Waals surface area (Å²) in [6, 6.07) is 9.67. The minimum atomic E-state index is 0.0431. The number of piperazine rings is 1. The summed E-state index contributed by atoms with van der Waals surface area (Å²) in [5.41, 5.74) is 1.01. The molecular formula is C17H17BrN4O. The van der Waals surface area contributed by atoms with Crippen LogP contribution in [0.2, 0.25) is 0 Å². The Morgan fingerprint density at radius 1 is 1.04 bits per heavy atom. The van der Waals surface area contributed by atoms with Crippen LogP contribution < -0.4 is 4.90 Å². The van der Waals surface area contributed by atoms with Crippen LogP contribution in [0.1, 0.15) is 5.56 Å². The molecule has 1 fully saturated rings. The fourth-order valence-electron chi connectivity index (χ4n) is 2.43.